The topological polar surface area (TPSA) is 81.4 Å². The monoisotopic (exact) mass is 304 g/mol. The van der Waals surface area contributed by atoms with Crippen LogP contribution in [0.3, 0.4) is 0 Å². The summed E-state index contributed by atoms with van der Waals surface area (Å²) in [4.78, 5) is 24.2. The molecule has 3 N–H and O–H groups in total. The van der Waals surface area contributed by atoms with Gasteiger partial charge in [0.15, 0.2) is 0 Å². The number of ether oxygens (including phenoxy) is 1. The van der Waals surface area contributed by atoms with Crippen LogP contribution in [0.25, 0.3) is 0 Å². The highest BCUT2D eigenvalue weighted by Crippen LogP contribution is 2.31. The highest BCUT2D eigenvalue weighted by Gasteiger charge is 2.33. The van der Waals surface area contributed by atoms with Crippen LogP contribution >= 0.6 is 0 Å². The lowest BCUT2D eigenvalue weighted by molar-refractivity contribution is -0.149. The number of carbonyl (C=O) groups is 2. The summed E-state index contributed by atoms with van der Waals surface area (Å²) < 4.78 is 5.23. The van der Waals surface area contributed by atoms with Crippen molar-refractivity contribution >= 4 is 11.9 Å². The lowest BCUT2D eigenvalue weighted by Crippen LogP contribution is -2.44. The molecule has 5 heteroatoms. The summed E-state index contributed by atoms with van der Waals surface area (Å²) in [5.74, 6) is -0.349. The Balaban J connectivity index is 1.79. The molecular formula is C17H24N2O3. The molecule has 0 saturated heterocycles. The Labute approximate surface area is 131 Å². The molecule has 0 aliphatic heterocycles. The highest BCUT2D eigenvalue weighted by molar-refractivity contribution is 5.85. The molecule has 22 heavy (non-hydrogen) atoms. The summed E-state index contributed by atoms with van der Waals surface area (Å²) in [6, 6.07) is 8.82. The maximum absolute atomic E-state index is 12.2. The standard InChI is InChI=1S/C17H24N2O3/c1-12(17(21)22-11-13-6-3-2-4-7-13)19-16(20)15-9-5-8-14(15)10-18/h2-4,6-7,12,14-15H,5,8-11,18H2,1H3,(H,19,20)/t12-,14+,15-/m1/s1. The molecule has 1 aromatic carbocycles. The summed E-state index contributed by atoms with van der Waals surface area (Å²) in [5, 5.41) is 2.75. The van der Waals surface area contributed by atoms with Crippen LogP contribution in [-0.2, 0) is 20.9 Å². The molecule has 0 heterocycles. The smallest absolute Gasteiger partial charge is 0.328 e. The molecule has 0 spiro atoms. The molecule has 3 atom stereocenters. The van der Waals surface area contributed by atoms with Gasteiger partial charge in [0.05, 0.1) is 0 Å². The largest absolute Gasteiger partial charge is 0.459 e. The molecule has 5 nitrogen and oxygen atoms in total. The van der Waals surface area contributed by atoms with Crippen LogP contribution in [0, 0.1) is 11.8 Å². The van der Waals surface area contributed by atoms with Crippen LogP contribution in [0.4, 0.5) is 0 Å². The number of rotatable bonds is 6. The van der Waals surface area contributed by atoms with Crippen molar-refractivity contribution in [3.8, 4) is 0 Å². The van der Waals surface area contributed by atoms with Crippen LogP contribution in [0.5, 0.6) is 0 Å². The summed E-state index contributed by atoms with van der Waals surface area (Å²) in [5.41, 5.74) is 6.62. The summed E-state index contributed by atoms with van der Waals surface area (Å²) >= 11 is 0. The SMILES string of the molecule is C[C@@H](NC(=O)[C@@H]1CCC[C@H]1CN)C(=O)OCc1ccccc1. The molecule has 1 aliphatic carbocycles. The van der Waals surface area contributed by atoms with Gasteiger partial charge in [-0.3, -0.25) is 4.79 Å². The van der Waals surface area contributed by atoms with Crippen LogP contribution in [0.1, 0.15) is 31.7 Å². The number of amides is 1. The van der Waals surface area contributed by atoms with E-state index in [1.165, 1.54) is 0 Å². The third-order valence-electron chi connectivity index (χ3n) is 4.23. The number of esters is 1. The number of benzene rings is 1. The first-order valence-corrected chi connectivity index (χ1v) is 7.82. The van der Waals surface area contributed by atoms with Crippen molar-refractivity contribution in [3.05, 3.63) is 35.9 Å². The van der Waals surface area contributed by atoms with E-state index >= 15 is 0 Å². The van der Waals surface area contributed by atoms with Gasteiger partial charge in [0.2, 0.25) is 5.91 Å². The van der Waals surface area contributed by atoms with E-state index in [-0.39, 0.29) is 24.3 Å². The Bertz CT molecular complexity index is 504. The first-order valence-electron chi connectivity index (χ1n) is 7.82. The van der Waals surface area contributed by atoms with E-state index < -0.39 is 12.0 Å². The van der Waals surface area contributed by atoms with Gasteiger partial charge in [-0.25, -0.2) is 4.79 Å². The predicted molar refractivity (Wildman–Crippen MR) is 83.7 cm³/mol. The average Bonchev–Trinajstić information content (AvgIpc) is 3.02. The summed E-state index contributed by atoms with van der Waals surface area (Å²) in [6.45, 7) is 2.39. The van der Waals surface area contributed by atoms with Crippen molar-refractivity contribution in [2.45, 2.75) is 38.8 Å². The Hall–Kier alpha value is -1.88. The minimum Gasteiger partial charge on any atom is -0.459 e. The third kappa shape index (κ3) is 4.31. The van der Waals surface area contributed by atoms with Gasteiger partial charge < -0.3 is 15.8 Å². The lowest BCUT2D eigenvalue weighted by Gasteiger charge is -2.20. The quantitative estimate of drug-likeness (QED) is 0.782. The number of hydrogen-bond acceptors (Lipinski definition) is 4. The van der Waals surface area contributed by atoms with Crippen molar-refractivity contribution < 1.29 is 14.3 Å². The molecule has 2 rings (SSSR count). The zero-order chi connectivity index (χ0) is 15.9. The van der Waals surface area contributed by atoms with Crippen molar-refractivity contribution in [3.63, 3.8) is 0 Å². The number of nitrogens with two attached hydrogens (primary N) is 1. The van der Waals surface area contributed by atoms with Gasteiger partial charge in [-0.05, 0) is 37.8 Å². The zero-order valence-corrected chi connectivity index (χ0v) is 13.0. The van der Waals surface area contributed by atoms with Gasteiger partial charge in [-0.1, -0.05) is 36.8 Å². The van der Waals surface area contributed by atoms with Crippen LogP contribution in [-0.4, -0.2) is 24.5 Å². The number of carbonyl (C=O) groups excluding carboxylic acids is 2. The van der Waals surface area contributed by atoms with E-state index in [0.717, 1.165) is 24.8 Å². The fourth-order valence-corrected chi connectivity index (χ4v) is 2.90. The molecule has 1 aromatic rings. The molecule has 1 amide bonds. The van der Waals surface area contributed by atoms with E-state index in [1.807, 2.05) is 30.3 Å². The van der Waals surface area contributed by atoms with E-state index in [4.69, 9.17) is 10.5 Å². The molecule has 1 aliphatic rings. The minimum absolute atomic E-state index is 0.0747. The molecule has 0 radical (unpaired) electrons. The fourth-order valence-electron chi connectivity index (χ4n) is 2.90. The van der Waals surface area contributed by atoms with E-state index in [0.29, 0.717) is 6.54 Å². The number of nitrogens with one attached hydrogen (secondary N) is 1. The fraction of sp³-hybridized carbons (Fsp3) is 0.529. The second kappa shape index (κ2) is 7.94. The zero-order valence-electron chi connectivity index (χ0n) is 13.0. The van der Waals surface area contributed by atoms with Gasteiger partial charge >= 0.3 is 5.97 Å². The van der Waals surface area contributed by atoms with E-state index in [9.17, 15) is 9.59 Å². The molecule has 0 aromatic heterocycles. The lowest BCUT2D eigenvalue weighted by atomic mass is 9.95. The molecule has 120 valence electrons. The van der Waals surface area contributed by atoms with Gasteiger partial charge in [0.1, 0.15) is 12.6 Å². The molecule has 0 unspecified atom stereocenters. The van der Waals surface area contributed by atoms with Crippen LogP contribution < -0.4 is 11.1 Å². The number of hydrogen-bond donors (Lipinski definition) is 2. The third-order valence-corrected chi connectivity index (χ3v) is 4.23. The van der Waals surface area contributed by atoms with E-state index in [2.05, 4.69) is 5.32 Å². The van der Waals surface area contributed by atoms with Crippen LogP contribution in [0.2, 0.25) is 0 Å². The highest BCUT2D eigenvalue weighted by atomic mass is 16.5. The normalized spacial score (nSPS) is 22.1. The van der Waals surface area contributed by atoms with Crippen LogP contribution in [0.15, 0.2) is 30.3 Å². The van der Waals surface area contributed by atoms with Gasteiger partial charge in [0, 0.05) is 5.92 Å². The Morgan fingerprint density at radius 3 is 2.73 bits per heavy atom. The minimum atomic E-state index is -0.643. The van der Waals surface area contributed by atoms with Crippen molar-refractivity contribution in [2.75, 3.05) is 6.54 Å². The molecule has 0 bridgehead atoms. The second-order valence-electron chi connectivity index (χ2n) is 5.86. The molecule has 1 fully saturated rings. The summed E-state index contributed by atoms with van der Waals surface area (Å²) in [7, 11) is 0. The maximum Gasteiger partial charge on any atom is 0.328 e. The van der Waals surface area contributed by atoms with Crippen molar-refractivity contribution in [2.24, 2.45) is 17.6 Å². The Kier molecular flexibility index (Phi) is 5.95. The van der Waals surface area contributed by atoms with Crippen molar-refractivity contribution in [1.29, 1.82) is 0 Å². The maximum atomic E-state index is 12.2. The van der Waals surface area contributed by atoms with Gasteiger partial charge in [-0.2, -0.15) is 0 Å². The van der Waals surface area contributed by atoms with Gasteiger partial charge in [-0.15, -0.1) is 0 Å². The van der Waals surface area contributed by atoms with E-state index in [1.54, 1.807) is 6.92 Å². The first-order chi connectivity index (χ1) is 10.6. The predicted octanol–water partition coefficient (Wildman–Crippen LogP) is 1.61. The average molecular weight is 304 g/mol. The summed E-state index contributed by atoms with van der Waals surface area (Å²) in [6.07, 6.45) is 2.85. The Morgan fingerprint density at radius 2 is 2.05 bits per heavy atom. The molecular weight excluding hydrogens is 280 g/mol. The van der Waals surface area contributed by atoms with Crippen molar-refractivity contribution in [1.82, 2.24) is 5.32 Å². The first kappa shape index (κ1) is 16.5. The molecule has 1 saturated carbocycles. The van der Waals surface area contributed by atoms with Gasteiger partial charge in [0.25, 0.3) is 0 Å². The Morgan fingerprint density at radius 1 is 1.32 bits per heavy atom. The second-order valence-corrected chi connectivity index (χ2v) is 5.86.